The summed E-state index contributed by atoms with van der Waals surface area (Å²) in [6, 6.07) is 4.30. The molecule has 1 heterocycles. The second-order valence-electron chi connectivity index (χ2n) is 4.87. The summed E-state index contributed by atoms with van der Waals surface area (Å²) in [6.45, 7) is 7.42. The third-order valence-electron chi connectivity index (χ3n) is 3.58. The fourth-order valence-corrected chi connectivity index (χ4v) is 2.61. The van der Waals surface area contributed by atoms with Crippen molar-refractivity contribution in [1.29, 1.82) is 0 Å². The fourth-order valence-electron chi connectivity index (χ4n) is 2.61. The summed E-state index contributed by atoms with van der Waals surface area (Å²) < 4.78 is 0. The zero-order valence-electron chi connectivity index (χ0n) is 9.12. The highest BCUT2D eigenvalue weighted by molar-refractivity contribution is 5.31. The first-order valence-corrected chi connectivity index (χ1v) is 5.20. The third kappa shape index (κ3) is 1.34. The minimum Gasteiger partial charge on any atom is -0.330 e. The van der Waals surface area contributed by atoms with E-state index < -0.39 is 0 Å². The number of nitrogens with zero attached hydrogens (tertiary/aromatic N) is 1. The minimum absolute atomic E-state index is 0.378. The number of hydrogen-bond acceptors (Lipinski definition) is 2. The van der Waals surface area contributed by atoms with E-state index in [1.807, 2.05) is 13.1 Å². The summed E-state index contributed by atoms with van der Waals surface area (Å²) in [4.78, 5) is 4.22. The lowest BCUT2D eigenvalue weighted by Crippen LogP contribution is -2.05. The topological polar surface area (TPSA) is 38.9 Å². The molecule has 1 aromatic rings. The SMILES string of the molecule is Cc1cc([C@H]2[C@H](CN)C2(C)C)ccn1. The maximum absolute atomic E-state index is 5.76. The van der Waals surface area contributed by atoms with E-state index in [-0.39, 0.29) is 0 Å². The Bertz CT molecular complexity index is 344. The molecule has 14 heavy (non-hydrogen) atoms. The molecule has 2 N–H and O–H groups in total. The molecule has 0 bridgehead atoms. The molecule has 0 spiro atoms. The molecule has 2 heteroatoms. The van der Waals surface area contributed by atoms with Crippen molar-refractivity contribution in [3.05, 3.63) is 29.6 Å². The van der Waals surface area contributed by atoms with Gasteiger partial charge in [-0.15, -0.1) is 0 Å². The van der Waals surface area contributed by atoms with Crippen molar-refractivity contribution in [3.8, 4) is 0 Å². The van der Waals surface area contributed by atoms with Crippen LogP contribution < -0.4 is 5.73 Å². The third-order valence-corrected chi connectivity index (χ3v) is 3.58. The molecule has 0 radical (unpaired) electrons. The maximum Gasteiger partial charge on any atom is 0.0375 e. The van der Waals surface area contributed by atoms with Gasteiger partial charge >= 0.3 is 0 Å². The number of aromatic nitrogens is 1. The highest BCUT2D eigenvalue weighted by atomic mass is 14.7. The van der Waals surface area contributed by atoms with E-state index in [1.54, 1.807) is 0 Å². The van der Waals surface area contributed by atoms with Crippen LogP contribution in [0.4, 0.5) is 0 Å². The fraction of sp³-hybridized carbons (Fsp3) is 0.583. The lowest BCUT2D eigenvalue weighted by molar-refractivity contribution is 0.558. The molecule has 2 atom stereocenters. The van der Waals surface area contributed by atoms with Crippen LogP contribution in [0.25, 0.3) is 0 Å². The number of aryl methyl sites for hydroxylation is 1. The monoisotopic (exact) mass is 190 g/mol. The Morgan fingerprint density at radius 2 is 2.21 bits per heavy atom. The normalized spacial score (nSPS) is 28.9. The van der Waals surface area contributed by atoms with Crippen molar-refractivity contribution in [2.24, 2.45) is 17.1 Å². The van der Waals surface area contributed by atoms with Crippen molar-refractivity contribution in [3.63, 3.8) is 0 Å². The van der Waals surface area contributed by atoms with Gasteiger partial charge in [0, 0.05) is 11.9 Å². The van der Waals surface area contributed by atoms with E-state index in [4.69, 9.17) is 5.73 Å². The van der Waals surface area contributed by atoms with Crippen molar-refractivity contribution < 1.29 is 0 Å². The predicted molar refractivity (Wildman–Crippen MR) is 58.0 cm³/mol. The molecule has 1 saturated carbocycles. The lowest BCUT2D eigenvalue weighted by atomic mass is 10.0. The average molecular weight is 190 g/mol. The van der Waals surface area contributed by atoms with Gasteiger partial charge in [0.05, 0.1) is 0 Å². The second-order valence-corrected chi connectivity index (χ2v) is 4.87. The highest BCUT2D eigenvalue weighted by Gasteiger charge is 2.57. The quantitative estimate of drug-likeness (QED) is 0.775. The standard InChI is InChI=1S/C12H18N2/c1-8-6-9(4-5-14-8)11-10(7-13)12(11,2)3/h4-6,10-11H,7,13H2,1-3H3/t10-,11-/m0/s1. The number of hydrogen-bond donors (Lipinski definition) is 1. The predicted octanol–water partition coefficient (Wildman–Crippen LogP) is 2.09. The first-order chi connectivity index (χ1) is 6.57. The first kappa shape index (κ1) is 9.66. The van der Waals surface area contributed by atoms with E-state index in [9.17, 15) is 0 Å². The van der Waals surface area contributed by atoms with Crippen LogP contribution in [0.2, 0.25) is 0 Å². The molecule has 1 aliphatic rings. The molecule has 2 nitrogen and oxygen atoms in total. The van der Waals surface area contributed by atoms with Gasteiger partial charge in [0.1, 0.15) is 0 Å². The number of nitrogens with two attached hydrogens (primary N) is 1. The molecular formula is C12H18N2. The molecule has 1 aliphatic carbocycles. The second kappa shape index (κ2) is 3.06. The van der Waals surface area contributed by atoms with Gasteiger partial charge in [-0.1, -0.05) is 13.8 Å². The van der Waals surface area contributed by atoms with Crippen LogP contribution in [-0.4, -0.2) is 11.5 Å². The molecule has 0 saturated heterocycles. The van der Waals surface area contributed by atoms with E-state index in [1.165, 1.54) is 5.56 Å². The molecule has 76 valence electrons. The smallest absolute Gasteiger partial charge is 0.0375 e. The van der Waals surface area contributed by atoms with Crippen molar-refractivity contribution in [1.82, 2.24) is 4.98 Å². The lowest BCUT2D eigenvalue weighted by Gasteiger charge is -2.03. The van der Waals surface area contributed by atoms with E-state index in [0.29, 0.717) is 17.3 Å². The van der Waals surface area contributed by atoms with Gasteiger partial charge in [0.15, 0.2) is 0 Å². The molecule has 0 amide bonds. The van der Waals surface area contributed by atoms with Gasteiger partial charge in [-0.3, -0.25) is 4.98 Å². The van der Waals surface area contributed by atoms with Gasteiger partial charge < -0.3 is 5.73 Å². The Hall–Kier alpha value is -0.890. The van der Waals surface area contributed by atoms with Crippen molar-refractivity contribution >= 4 is 0 Å². The number of rotatable bonds is 2. The van der Waals surface area contributed by atoms with Gasteiger partial charge in [-0.25, -0.2) is 0 Å². The zero-order chi connectivity index (χ0) is 10.3. The van der Waals surface area contributed by atoms with Crippen LogP contribution >= 0.6 is 0 Å². The minimum atomic E-state index is 0.378. The molecule has 0 aliphatic heterocycles. The molecular weight excluding hydrogens is 172 g/mol. The Kier molecular flexibility index (Phi) is 2.11. The van der Waals surface area contributed by atoms with Crippen LogP contribution in [0.5, 0.6) is 0 Å². The van der Waals surface area contributed by atoms with Crippen LogP contribution in [0, 0.1) is 18.3 Å². The van der Waals surface area contributed by atoms with Gasteiger partial charge in [0.25, 0.3) is 0 Å². The average Bonchev–Trinajstić information content (AvgIpc) is 2.68. The summed E-state index contributed by atoms with van der Waals surface area (Å²) in [6.07, 6.45) is 1.90. The van der Waals surface area contributed by atoms with Crippen LogP contribution in [0.3, 0.4) is 0 Å². The Morgan fingerprint density at radius 3 is 2.71 bits per heavy atom. The molecule has 2 rings (SSSR count). The largest absolute Gasteiger partial charge is 0.330 e. The summed E-state index contributed by atoms with van der Waals surface area (Å²) in [5.41, 5.74) is 8.64. The number of pyridine rings is 1. The summed E-state index contributed by atoms with van der Waals surface area (Å²) >= 11 is 0. The first-order valence-electron chi connectivity index (χ1n) is 5.20. The molecule has 0 aromatic carbocycles. The molecule has 1 fully saturated rings. The van der Waals surface area contributed by atoms with E-state index in [0.717, 1.165) is 12.2 Å². The zero-order valence-corrected chi connectivity index (χ0v) is 9.12. The van der Waals surface area contributed by atoms with Crippen LogP contribution in [0.1, 0.15) is 31.0 Å². The summed E-state index contributed by atoms with van der Waals surface area (Å²) in [7, 11) is 0. The van der Waals surface area contributed by atoms with Gasteiger partial charge in [-0.05, 0) is 48.4 Å². The highest BCUT2D eigenvalue weighted by Crippen LogP contribution is 2.63. The molecule has 0 unspecified atom stereocenters. The van der Waals surface area contributed by atoms with Crippen molar-refractivity contribution in [2.75, 3.05) is 6.54 Å². The molecule has 1 aromatic heterocycles. The Balaban J connectivity index is 2.26. The maximum atomic E-state index is 5.76. The summed E-state index contributed by atoms with van der Waals surface area (Å²) in [5.74, 6) is 1.28. The van der Waals surface area contributed by atoms with E-state index in [2.05, 4.69) is 31.0 Å². The Morgan fingerprint density at radius 1 is 1.50 bits per heavy atom. The van der Waals surface area contributed by atoms with Crippen molar-refractivity contribution in [2.45, 2.75) is 26.7 Å². The van der Waals surface area contributed by atoms with Crippen LogP contribution in [0.15, 0.2) is 18.3 Å². The summed E-state index contributed by atoms with van der Waals surface area (Å²) in [5, 5.41) is 0. The van der Waals surface area contributed by atoms with E-state index >= 15 is 0 Å². The van der Waals surface area contributed by atoms with Crippen LogP contribution in [-0.2, 0) is 0 Å². The van der Waals surface area contributed by atoms with Gasteiger partial charge in [-0.2, -0.15) is 0 Å². The van der Waals surface area contributed by atoms with Gasteiger partial charge in [0.2, 0.25) is 0 Å². The Labute approximate surface area is 85.5 Å².